The van der Waals surface area contributed by atoms with Crippen molar-refractivity contribution in [2.24, 2.45) is 0 Å². The zero-order valence-electron chi connectivity index (χ0n) is 11.8. The Morgan fingerprint density at radius 3 is 2.55 bits per heavy atom. The summed E-state index contributed by atoms with van der Waals surface area (Å²) in [4.78, 5) is 10.1. The number of hydrogen-bond donors (Lipinski definition) is 0. The maximum Gasteiger partial charge on any atom is 0.271 e. The molecular weight excluding hydrogens is 304 g/mol. The van der Waals surface area contributed by atoms with Crippen LogP contribution in [-0.2, 0) is 6.42 Å². The molecule has 0 aliphatic heterocycles. The van der Waals surface area contributed by atoms with Gasteiger partial charge in [-0.05, 0) is 18.6 Å². The molecule has 0 amide bonds. The Labute approximate surface area is 132 Å². The first kappa shape index (κ1) is 15.8. The van der Waals surface area contributed by atoms with E-state index >= 15 is 0 Å². The minimum absolute atomic E-state index is 0.110. The van der Waals surface area contributed by atoms with Crippen molar-refractivity contribution in [1.82, 2.24) is 0 Å². The Hall–Kier alpha value is -2.58. The number of nitrogens with zero attached hydrogens (tertiary/aromatic N) is 2. The van der Waals surface area contributed by atoms with E-state index in [0.717, 1.165) is 11.1 Å². The maximum atomic E-state index is 10.7. The molecule has 0 saturated carbocycles. The molecule has 0 fully saturated rings. The van der Waals surface area contributed by atoms with Crippen molar-refractivity contribution in [3.8, 4) is 11.8 Å². The molecule has 112 valence electrons. The van der Waals surface area contributed by atoms with Crippen LogP contribution in [0.15, 0.2) is 42.5 Å². The van der Waals surface area contributed by atoms with Crippen molar-refractivity contribution in [3.05, 3.63) is 68.7 Å². The molecule has 1 atom stereocenters. The fourth-order valence-corrected chi connectivity index (χ4v) is 2.12. The Kier molecular flexibility index (Phi) is 4.97. The van der Waals surface area contributed by atoms with Crippen LogP contribution in [-0.4, -0.2) is 11.0 Å². The molecule has 0 aromatic heterocycles. The van der Waals surface area contributed by atoms with Gasteiger partial charge in [0.25, 0.3) is 5.69 Å². The molecule has 0 spiro atoms. The van der Waals surface area contributed by atoms with Gasteiger partial charge in [-0.2, -0.15) is 5.26 Å². The zero-order valence-corrected chi connectivity index (χ0v) is 12.6. The van der Waals surface area contributed by atoms with Crippen molar-refractivity contribution in [2.45, 2.75) is 19.4 Å². The van der Waals surface area contributed by atoms with Gasteiger partial charge < -0.3 is 4.74 Å². The third kappa shape index (κ3) is 3.96. The minimum atomic E-state index is -0.721. The van der Waals surface area contributed by atoms with Crippen LogP contribution < -0.4 is 4.74 Å². The topological polar surface area (TPSA) is 76.2 Å². The summed E-state index contributed by atoms with van der Waals surface area (Å²) in [5.74, 6) is 0.255. The molecule has 0 unspecified atom stereocenters. The molecule has 2 aromatic rings. The van der Waals surface area contributed by atoms with Gasteiger partial charge in [-0.15, -0.1) is 0 Å². The van der Waals surface area contributed by atoms with E-state index in [2.05, 4.69) is 6.07 Å². The summed E-state index contributed by atoms with van der Waals surface area (Å²) in [6.45, 7) is 1.98. The Balaban J connectivity index is 2.12. The van der Waals surface area contributed by atoms with E-state index < -0.39 is 11.0 Å². The van der Waals surface area contributed by atoms with Crippen LogP contribution in [0.1, 0.15) is 11.1 Å². The first-order valence-corrected chi connectivity index (χ1v) is 6.93. The lowest BCUT2D eigenvalue weighted by molar-refractivity contribution is -0.384. The van der Waals surface area contributed by atoms with Crippen molar-refractivity contribution in [3.63, 3.8) is 0 Å². The second kappa shape index (κ2) is 6.92. The van der Waals surface area contributed by atoms with E-state index in [0.29, 0.717) is 6.42 Å². The summed E-state index contributed by atoms with van der Waals surface area (Å²) in [6.07, 6.45) is -0.314. The zero-order chi connectivity index (χ0) is 16.1. The van der Waals surface area contributed by atoms with Gasteiger partial charge in [0, 0.05) is 18.6 Å². The standard InChI is InChI=1S/C16H13ClN2O3/c1-11-2-4-12(5-3-11)8-14(10-18)22-16-7-6-13(19(20)21)9-15(16)17/h2-7,9,14H,8H2,1H3/t14-/m0/s1. The second-order valence-corrected chi connectivity index (χ2v) is 5.20. The third-order valence-electron chi connectivity index (χ3n) is 3.08. The van der Waals surface area contributed by atoms with Gasteiger partial charge in [0.15, 0.2) is 6.10 Å². The molecular formula is C16H13ClN2O3. The van der Waals surface area contributed by atoms with Crippen molar-refractivity contribution in [1.29, 1.82) is 5.26 Å². The highest BCUT2D eigenvalue weighted by atomic mass is 35.5. The SMILES string of the molecule is Cc1ccc(C[C@@H](C#N)Oc2ccc([N+](=O)[O-])cc2Cl)cc1. The van der Waals surface area contributed by atoms with Gasteiger partial charge in [-0.25, -0.2) is 0 Å². The summed E-state index contributed by atoms with van der Waals surface area (Å²) < 4.78 is 5.55. The van der Waals surface area contributed by atoms with Crippen molar-refractivity contribution in [2.75, 3.05) is 0 Å². The minimum Gasteiger partial charge on any atom is -0.474 e. The molecule has 0 heterocycles. The maximum absolute atomic E-state index is 10.7. The highest BCUT2D eigenvalue weighted by Gasteiger charge is 2.15. The number of hydrogen-bond acceptors (Lipinski definition) is 4. The van der Waals surface area contributed by atoms with Gasteiger partial charge in [-0.3, -0.25) is 10.1 Å². The first-order chi connectivity index (χ1) is 10.5. The number of aryl methyl sites for hydroxylation is 1. The van der Waals surface area contributed by atoms with Crippen LogP contribution in [0.2, 0.25) is 5.02 Å². The molecule has 22 heavy (non-hydrogen) atoms. The molecule has 0 radical (unpaired) electrons. The van der Waals surface area contributed by atoms with E-state index in [1.165, 1.54) is 18.2 Å². The van der Waals surface area contributed by atoms with Crippen LogP contribution >= 0.6 is 11.6 Å². The van der Waals surface area contributed by atoms with Gasteiger partial charge in [0.2, 0.25) is 0 Å². The van der Waals surface area contributed by atoms with Crippen molar-refractivity contribution >= 4 is 17.3 Å². The normalized spacial score (nSPS) is 11.5. The number of non-ortho nitro benzene ring substituents is 1. The van der Waals surface area contributed by atoms with Gasteiger partial charge in [-0.1, -0.05) is 41.4 Å². The summed E-state index contributed by atoms with van der Waals surface area (Å²) in [5, 5.41) is 20.0. The molecule has 0 aliphatic rings. The second-order valence-electron chi connectivity index (χ2n) is 4.80. The average molecular weight is 317 g/mol. The molecule has 2 rings (SSSR count). The summed E-state index contributed by atoms with van der Waals surface area (Å²) in [7, 11) is 0. The highest BCUT2D eigenvalue weighted by molar-refractivity contribution is 6.32. The summed E-state index contributed by atoms with van der Waals surface area (Å²) in [6, 6.07) is 13.7. The quantitative estimate of drug-likeness (QED) is 0.615. The predicted octanol–water partition coefficient (Wildman–Crippen LogP) is 4.07. The van der Waals surface area contributed by atoms with Crippen molar-refractivity contribution < 1.29 is 9.66 Å². The van der Waals surface area contributed by atoms with E-state index in [-0.39, 0.29) is 16.5 Å². The van der Waals surface area contributed by atoms with E-state index in [1.807, 2.05) is 31.2 Å². The van der Waals surface area contributed by atoms with Crippen LogP contribution in [0.25, 0.3) is 0 Å². The summed E-state index contributed by atoms with van der Waals surface area (Å²) in [5.41, 5.74) is 1.98. The molecule has 0 aliphatic carbocycles. The molecule has 0 saturated heterocycles. The number of ether oxygens (including phenoxy) is 1. The van der Waals surface area contributed by atoms with Crippen LogP contribution in [0.5, 0.6) is 5.75 Å². The van der Waals surface area contributed by atoms with E-state index in [1.54, 1.807) is 0 Å². The van der Waals surface area contributed by atoms with E-state index in [4.69, 9.17) is 16.3 Å². The smallest absolute Gasteiger partial charge is 0.271 e. The Morgan fingerprint density at radius 1 is 1.32 bits per heavy atom. The van der Waals surface area contributed by atoms with Crippen LogP contribution in [0, 0.1) is 28.4 Å². The summed E-state index contributed by atoms with van der Waals surface area (Å²) >= 11 is 5.96. The Morgan fingerprint density at radius 2 is 2.00 bits per heavy atom. The number of rotatable bonds is 5. The Bertz CT molecular complexity index is 723. The number of benzene rings is 2. The van der Waals surface area contributed by atoms with Gasteiger partial charge >= 0.3 is 0 Å². The van der Waals surface area contributed by atoms with Crippen LogP contribution in [0.3, 0.4) is 0 Å². The lowest BCUT2D eigenvalue weighted by Crippen LogP contribution is -2.17. The molecule has 6 heteroatoms. The van der Waals surface area contributed by atoms with Gasteiger partial charge in [0.05, 0.1) is 9.95 Å². The largest absolute Gasteiger partial charge is 0.474 e. The lowest BCUT2D eigenvalue weighted by atomic mass is 10.1. The molecule has 0 N–H and O–H groups in total. The monoisotopic (exact) mass is 316 g/mol. The third-order valence-corrected chi connectivity index (χ3v) is 3.38. The number of nitriles is 1. The predicted molar refractivity (Wildman–Crippen MR) is 83.0 cm³/mol. The number of halogens is 1. The molecule has 0 bridgehead atoms. The average Bonchev–Trinajstić information content (AvgIpc) is 2.50. The first-order valence-electron chi connectivity index (χ1n) is 6.55. The number of nitro groups is 1. The molecule has 2 aromatic carbocycles. The highest BCUT2D eigenvalue weighted by Crippen LogP contribution is 2.29. The number of nitro benzene ring substituents is 1. The molecule has 5 nitrogen and oxygen atoms in total. The lowest BCUT2D eigenvalue weighted by Gasteiger charge is -2.13. The fraction of sp³-hybridized carbons (Fsp3) is 0.188. The fourth-order valence-electron chi connectivity index (χ4n) is 1.90. The van der Waals surface area contributed by atoms with E-state index in [9.17, 15) is 15.4 Å². The van der Waals surface area contributed by atoms with Gasteiger partial charge in [0.1, 0.15) is 11.8 Å². The van der Waals surface area contributed by atoms with Crippen LogP contribution in [0.4, 0.5) is 5.69 Å².